The van der Waals surface area contributed by atoms with Crippen LogP contribution in [0.25, 0.3) is 5.65 Å². The fourth-order valence-corrected chi connectivity index (χ4v) is 3.71. The summed E-state index contributed by atoms with van der Waals surface area (Å²) in [6, 6.07) is 6.07. The molecule has 0 spiro atoms. The second-order valence-corrected chi connectivity index (χ2v) is 7.18. The van der Waals surface area contributed by atoms with Gasteiger partial charge in [-0.1, -0.05) is 0 Å². The van der Waals surface area contributed by atoms with Crippen molar-refractivity contribution >= 4 is 46.2 Å². The number of hydrogen-bond acceptors (Lipinski definition) is 4. The molecule has 1 saturated heterocycles. The summed E-state index contributed by atoms with van der Waals surface area (Å²) in [5.74, 6) is 0.0836. The summed E-state index contributed by atoms with van der Waals surface area (Å²) >= 11 is 1.78. The first-order chi connectivity index (χ1) is 13.0. The number of halogens is 3. The average molecular weight is 484 g/mol. The van der Waals surface area contributed by atoms with Crippen LogP contribution in [0.2, 0.25) is 0 Å². The van der Waals surface area contributed by atoms with E-state index >= 15 is 0 Å². The van der Waals surface area contributed by atoms with E-state index in [0.717, 1.165) is 18.6 Å². The first-order valence-electron chi connectivity index (χ1n) is 8.27. The maximum Gasteiger partial charge on any atom is 0.329 e. The van der Waals surface area contributed by atoms with Crippen molar-refractivity contribution in [3.63, 3.8) is 0 Å². The molecule has 4 rings (SSSR count). The largest absolute Gasteiger partial charge is 0.351 e. The Balaban J connectivity index is 1.75. The lowest BCUT2D eigenvalue weighted by Crippen LogP contribution is -2.28. The Bertz CT molecular complexity index is 1030. The number of anilines is 2. The fourth-order valence-electron chi connectivity index (χ4n) is 3.39. The minimum absolute atomic E-state index is 0.313. The summed E-state index contributed by atoms with van der Waals surface area (Å²) in [5, 5.41) is 4.56. The molecule has 1 aliphatic heterocycles. The molecule has 7 nitrogen and oxygen atoms in total. The number of carbonyl (C=O) groups excluding carboxylic acids is 1. The molecule has 140 valence electrons. The van der Waals surface area contributed by atoms with Gasteiger partial charge in [0.25, 0.3) is 0 Å². The third kappa shape index (κ3) is 3.17. The molecule has 0 aliphatic carbocycles. The van der Waals surface area contributed by atoms with E-state index in [1.807, 2.05) is 4.90 Å². The molecule has 3 heterocycles. The quantitative estimate of drug-likeness (QED) is 0.456. The predicted molar refractivity (Wildman–Crippen MR) is 105 cm³/mol. The number of benzene rings is 1. The Labute approximate surface area is 167 Å². The molecular formula is C17H15F2IN6O. The van der Waals surface area contributed by atoms with Gasteiger partial charge in [-0.05, 0) is 43.2 Å². The van der Waals surface area contributed by atoms with E-state index in [4.69, 9.17) is 5.73 Å². The van der Waals surface area contributed by atoms with Crippen LogP contribution in [-0.2, 0) is 0 Å². The number of fused-ring (bicyclic) bond motifs is 1. The summed E-state index contributed by atoms with van der Waals surface area (Å²) in [4.78, 5) is 17.6. The lowest BCUT2D eigenvalue weighted by Gasteiger charge is -2.26. The monoisotopic (exact) mass is 484 g/mol. The highest BCUT2D eigenvalue weighted by Gasteiger charge is 2.30. The van der Waals surface area contributed by atoms with E-state index < -0.39 is 17.7 Å². The van der Waals surface area contributed by atoms with E-state index in [1.54, 1.807) is 35.0 Å². The Morgan fingerprint density at radius 1 is 1.30 bits per heavy atom. The van der Waals surface area contributed by atoms with Crippen molar-refractivity contribution in [3.05, 3.63) is 53.7 Å². The Morgan fingerprint density at radius 3 is 2.89 bits per heavy atom. The van der Waals surface area contributed by atoms with Gasteiger partial charge in [0.15, 0.2) is 11.5 Å². The zero-order valence-electron chi connectivity index (χ0n) is 14.0. The molecule has 1 unspecified atom stereocenters. The number of rotatable bonds is 3. The van der Waals surface area contributed by atoms with E-state index in [1.165, 1.54) is 19.9 Å². The van der Waals surface area contributed by atoms with Gasteiger partial charge in [0, 0.05) is 12.1 Å². The molecule has 1 fully saturated rings. The molecule has 27 heavy (non-hydrogen) atoms. The normalized spacial score (nSPS) is 16.9. The number of imidazole rings is 1. The van der Waals surface area contributed by atoms with Crippen molar-refractivity contribution in [2.75, 3.05) is 14.6 Å². The van der Waals surface area contributed by atoms with E-state index in [-0.39, 0.29) is 6.04 Å². The zero-order chi connectivity index (χ0) is 19.1. The van der Waals surface area contributed by atoms with Crippen LogP contribution in [0, 0.1) is 11.6 Å². The molecule has 0 bridgehead atoms. The maximum absolute atomic E-state index is 14.3. The second-order valence-electron chi connectivity index (χ2n) is 6.21. The number of amides is 2. The van der Waals surface area contributed by atoms with Gasteiger partial charge in [-0.25, -0.2) is 21.7 Å². The van der Waals surface area contributed by atoms with Gasteiger partial charge in [0.05, 0.1) is 35.1 Å². The third-order valence-electron chi connectivity index (χ3n) is 4.59. The van der Waals surface area contributed by atoms with Gasteiger partial charge >= 0.3 is 6.03 Å². The first-order valence-corrected chi connectivity index (χ1v) is 9.24. The van der Waals surface area contributed by atoms with Gasteiger partial charge < -0.3 is 10.6 Å². The summed E-state index contributed by atoms with van der Waals surface area (Å²) in [5.41, 5.74) is 6.19. The molecule has 2 N–H and O–H groups in total. The average Bonchev–Trinajstić information content (AvgIpc) is 3.29. The van der Waals surface area contributed by atoms with Gasteiger partial charge in [0.1, 0.15) is 17.5 Å². The van der Waals surface area contributed by atoms with Crippen LogP contribution in [0.3, 0.4) is 0 Å². The molecule has 0 saturated carbocycles. The Morgan fingerprint density at radius 2 is 2.11 bits per heavy atom. The van der Waals surface area contributed by atoms with Crippen LogP contribution in [-0.4, -0.2) is 27.2 Å². The molecule has 1 aromatic carbocycles. The molecule has 1 atom stereocenters. The summed E-state index contributed by atoms with van der Waals surface area (Å²) in [7, 11) is 0. The van der Waals surface area contributed by atoms with Gasteiger partial charge in [-0.2, -0.15) is 4.52 Å². The van der Waals surface area contributed by atoms with Gasteiger partial charge in [0.2, 0.25) is 0 Å². The third-order valence-corrected chi connectivity index (χ3v) is 5.56. The van der Waals surface area contributed by atoms with Crippen LogP contribution in [0.4, 0.5) is 25.2 Å². The number of nitrogens with two attached hydrogens (primary N) is 1. The molecule has 10 heteroatoms. The van der Waals surface area contributed by atoms with Crippen LogP contribution in [0.1, 0.15) is 24.4 Å². The molecule has 1 aliphatic rings. The highest BCUT2D eigenvalue weighted by atomic mass is 127. The minimum atomic E-state index is -0.648. The highest BCUT2D eigenvalue weighted by molar-refractivity contribution is 14.1. The van der Waals surface area contributed by atoms with E-state index in [9.17, 15) is 13.6 Å². The number of aromatic nitrogens is 3. The van der Waals surface area contributed by atoms with Crippen molar-refractivity contribution in [3.8, 4) is 0 Å². The summed E-state index contributed by atoms with van der Waals surface area (Å²) in [6.45, 7) is 0.660. The van der Waals surface area contributed by atoms with Crippen LogP contribution >= 0.6 is 22.9 Å². The number of hydrogen-bond donors (Lipinski definition) is 1. The molecule has 3 aromatic rings. The number of urea groups is 1. The van der Waals surface area contributed by atoms with E-state index in [2.05, 4.69) is 10.1 Å². The highest BCUT2D eigenvalue weighted by Crippen LogP contribution is 2.37. The Hall–Kier alpha value is -2.50. The second kappa shape index (κ2) is 6.91. The van der Waals surface area contributed by atoms with E-state index in [0.29, 0.717) is 35.8 Å². The van der Waals surface area contributed by atoms with Crippen molar-refractivity contribution in [1.29, 1.82) is 0 Å². The van der Waals surface area contributed by atoms with Crippen LogP contribution in [0.5, 0.6) is 0 Å². The van der Waals surface area contributed by atoms with Crippen LogP contribution < -0.4 is 13.7 Å². The smallest absolute Gasteiger partial charge is 0.329 e. The SMILES string of the molecule is NC(=O)N(I)c1cnc2ccc(N3CCCC3c3cc(F)ccc3F)nn12. The first kappa shape index (κ1) is 17.9. The number of nitrogens with zero attached hydrogens (tertiary/aromatic N) is 5. The lowest BCUT2D eigenvalue weighted by atomic mass is 10.0. The molecule has 2 aromatic heterocycles. The predicted octanol–water partition coefficient (Wildman–Crippen LogP) is 3.58. The zero-order valence-corrected chi connectivity index (χ0v) is 16.2. The standard InChI is InChI=1S/C17H15F2IN6O/c18-10-3-4-12(19)11(8-10)13-2-1-7-24(13)15-6-5-14-22-9-16(26(14)23-15)25(20)17(21)27/h3-6,8-9,13H,1-2,7H2,(H2,21,27). The maximum atomic E-state index is 14.3. The molecule has 0 radical (unpaired) electrons. The fraction of sp³-hybridized carbons (Fsp3) is 0.235. The number of carbonyl (C=O) groups is 1. The van der Waals surface area contributed by atoms with Crippen molar-refractivity contribution < 1.29 is 13.6 Å². The van der Waals surface area contributed by atoms with Gasteiger partial charge in [-0.3, -0.25) is 0 Å². The lowest BCUT2D eigenvalue weighted by molar-refractivity contribution is 0.257. The summed E-state index contributed by atoms with van der Waals surface area (Å²) < 4.78 is 30.7. The molecular weight excluding hydrogens is 469 g/mol. The molecule has 2 amide bonds. The van der Waals surface area contributed by atoms with Crippen molar-refractivity contribution in [2.24, 2.45) is 5.73 Å². The van der Waals surface area contributed by atoms with Gasteiger partial charge in [-0.15, -0.1) is 5.10 Å². The minimum Gasteiger partial charge on any atom is -0.351 e. The topological polar surface area (TPSA) is 79.8 Å². The van der Waals surface area contributed by atoms with Crippen molar-refractivity contribution in [1.82, 2.24) is 14.6 Å². The summed E-state index contributed by atoms with van der Waals surface area (Å²) in [6.07, 6.45) is 3.02. The number of primary amides is 1. The van der Waals surface area contributed by atoms with Crippen molar-refractivity contribution in [2.45, 2.75) is 18.9 Å². The Kier molecular flexibility index (Phi) is 4.58. The van der Waals surface area contributed by atoms with Crippen LogP contribution in [0.15, 0.2) is 36.5 Å².